The number of rotatable bonds is 3. The standard InChI is InChI=1S/C20H27F3N2O/c1-14-5-4-9-19(10-8-14)11-12-25(15(19)2)17-6-7-18(24-13-17)26-16(3)20(21,22)23/h6-7,13-14,16H,2,4-5,8-12H2,1,3H3/t14?,16-,19?/m0/s1. The molecule has 1 saturated heterocycles. The van der Waals surface area contributed by atoms with E-state index in [2.05, 4.69) is 23.4 Å². The van der Waals surface area contributed by atoms with Crippen molar-refractivity contribution in [1.29, 1.82) is 0 Å². The van der Waals surface area contributed by atoms with Crippen molar-refractivity contribution < 1.29 is 17.9 Å². The van der Waals surface area contributed by atoms with Crippen LogP contribution in [0, 0.1) is 11.3 Å². The van der Waals surface area contributed by atoms with Crippen LogP contribution in [0.5, 0.6) is 5.88 Å². The number of ether oxygens (including phenoxy) is 1. The van der Waals surface area contributed by atoms with Crippen LogP contribution in [-0.2, 0) is 0 Å². The summed E-state index contributed by atoms with van der Waals surface area (Å²) in [5.74, 6) is 0.756. The second kappa shape index (κ2) is 7.12. The van der Waals surface area contributed by atoms with Gasteiger partial charge >= 0.3 is 6.18 Å². The fraction of sp³-hybridized carbons (Fsp3) is 0.650. The zero-order valence-electron chi connectivity index (χ0n) is 15.5. The SMILES string of the molecule is C=C1N(c2ccc(O[C@@H](C)C(F)(F)F)nc2)CCC12CCCC(C)CC2. The van der Waals surface area contributed by atoms with Gasteiger partial charge in [-0.2, -0.15) is 13.2 Å². The predicted octanol–water partition coefficient (Wildman–Crippen LogP) is 5.72. The summed E-state index contributed by atoms with van der Waals surface area (Å²) in [6.45, 7) is 8.56. The minimum absolute atomic E-state index is 0.0126. The first-order valence-corrected chi connectivity index (χ1v) is 9.38. The molecular weight excluding hydrogens is 341 g/mol. The molecule has 2 fully saturated rings. The summed E-state index contributed by atoms with van der Waals surface area (Å²) in [6.07, 6.45) is 2.47. The van der Waals surface area contributed by atoms with Crippen LogP contribution in [0.2, 0.25) is 0 Å². The molecule has 1 saturated carbocycles. The van der Waals surface area contributed by atoms with Crippen molar-refractivity contribution in [2.45, 2.75) is 64.7 Å². The van der Waals surface area contributed by atoms with Gasteiger partial charge in [0.2, 0.25) is 5.88 Å². The Morgan fingerprint density at radius 2 is 2.04 bits per heavy atom. The highest BCUT2D eigenvalue weighted by Crippen LogP contribution is 2.51. The highest BCUT2D eigenvalue weighted by Gasteiger charge is 2.42. The van der Waals surface area contributed by atoms with E-state index in [1.807, 2.05) is 0 Å². The maximum Gasteiger partial charge on any atom is 0.425 e. The maximum atomic E-state index is 12.6. The Labute approximate surface area is 153 Å². The molecule has 0 bridgehead atoms. The second-order valence-corrected chi connectivity index (χ2v) is 7.82. The Morgan fingerprint density at radius 3 is 2.69 bits per heavy atom. The Morgan fingerprint density at radius 1 is 1.27 bits per heavy atom. The van der Waals surface area contributed by atoms with Crippen LogP contribution < -0.4 is 9.64 Å². The van der Waals surface area contributed by atoms with Crippen LogP contribution >= 0.6 is 0 Å². The van der Waals surface area contributed by atoms with E-state index in [0.717, 1.165) is 37.2 Å². The van der Waals surface area contributed by atoms with Gasteiger partial charge in [-0.3, -0.25) is 0 Å². The van der Waals surface area contributed by atoms with Crippen molar-refractivity contribution in [2.75, 3.05) is 11.4 Å². The minimum Gasteiger partial charge on any atom is -0.465 e. The summed E-state index contributed by atoms with van der Waals surface area (Å²) in [6, 6.07) is 3.28. The van der Waals surface area contributed by atoms with Gasteiger partial charge < -0.3 is 9.64 Å². The molecule has 2 unspecified atom stereocenters. The zero-order chi connectivity index (χ0) is 18.9. The van der Waals surface area contributed by atoms with Gasteiger partial charge in [0, 0.05) is 23.7 Å². The minimum atomic E-state index is -4.40. The number of hydrogen-bond acceptors (Lipinski definition) is 3. The summed E-state index contributed by atoms with van der Waals surface area (Å²) in [4.78, 5) is 6.24. The van der Waals surface area contributed by atoms with E-state index < -0.39 is 12.3 Å². The van der Waals surface area contributed by atoms with Crippen LogP contribution in [0.15, 0.2) is 30.6 Å². The van der Waals surface area contributed by atoms with Crippen molar-refractivity contribution in [2.24, 2.45) is 11.3 Å². The summed E-state index contributed by atoms with van der Waals surface area (Å²) >= 11 is 0. The molecule has 0 radical (unpaired) electrons. The number of pyridine rings is 1. The molecule has 3 rings (SSSR count). The van der Waals surface area contributed by atoms with E-state index in [4.69, 9.17) is 4.74 Å². The number of halogens is 3. The molecule has 0 aromatic carbocycles. The monoisotopic (exact) mass is 368 g/mol. The van der Waals surface area contributed by atoms with E-state index in [-0.39, 0.29) is 11.3 Å². The third kappa shape index (κ3) is 3.84. The lowest BCUT2D eigenvalue weighted by molar-refractivity contribution is -0.189. The summed E-state index contributed by atoms with van der Waals surface area (Å²) < 4.78 is 42.7. The Hall–Kier alpha value is -1.72. The molecule has 1 aromatic rings. The normalized spacial score (nSPS) is 28.3. The van der Waals surface area contributed by atoms with Crippen LogP contribution in [0.1, 0.15) is 52.4 Å². The van der Waals surface area contributed by atoms with Crippen LogP contribution in [-0.4, -0.2) is 23.8 Å². The smallest absolute Gasteiger partial charge is 0.425 e. The third-order valence-corrected chi connectivity index (χ3v) is 6.01. The Balaban J connectivity index is 1.69. The highest BCUT2D eigenvalue weighted by atomic mass is 19.4. The molecule has 1 aliphatic carbocycles. The molecule has 2 heterocycles. The largest absolute Gasteiger partial charge is 0.465 e. The first-order valence-electron chi connectivity index (χ1n) is 9.38. The summed E-state index contributed by atoms with van der Waals surface area (Å²) in [7, 11) is 0. The number of alkyl halides is 3. The van der Waals surface area contributed by atoms with Gasteiger partial charge in [-0.1, -0.05) is 26.3 Å². The predicted molar refractivity (Wildman–Crippen MR) is 96.2 cm³/mol. The molecule has 0 N–H and O–H groups in total. The fourth-order valence-corrected chi connectivity index (χ4v) is 4.15. The molecule has 6 heteroatoms. The summed E-state index contributed by atoms with van der Waals surface area (Å²) in [5, 5.41) is 0. The molecule has 1 aliphatic heterocycles. The van der Waals surface area contributed by atoms with Crippen LogP contribution in [0.25, 0.3) is 0 Å². The first kappa shape index (κ1) is 19.1. The van der Waals surface area contributed by atoms with Gasteiger partial charge in [0.1, 0.15) is 0 Å². The van der Waals surface area contributed by atoms with Gasteiger partial charge in [-0.05, 0) is 44.6 Å². The van der Waals surface area contributed by atoms with Gasteiger partial charge in [0.25, 0.3) is 0 Å². The quantitative estimate of drug-likeness (QED) is 0.682. The number of nitrogens with zero attached hydrogens (tertiary/aromatic N) is 2. The second-order valence-electron chi connectivity index (χ2n) is 7.82. The molecule has 3 nitrogen and oxygen atoms in total. The third-order valence-electron chi connectivity index (χ3n) is 6.01. The van der Waals surface area contributed by atoms with Gasteiger partial charge in [0.15, 0.2) is 6.10 Å². The number of allylic oxidation sites excluding steroid dienone is 1. The van der Waals surface area contributed by atoms with Crippen molar-refractivity contribution in [3.8, 4) is 5.88 Å². The van der Waals surface area contributed by atoms with E-state index in [0.29, 0.717) is 0 Å². The molecule has 2 aliphatic rings. The topological polar surface area (TPSA) is 25.4 Å². The number of anilines is 1. The fourth-order valence-electron chi connectivity index (χ4n) is 4.15. The maximum absolute atomic E-state index is 12.6. The van der Waals surface area contributed by atoms with E-state index in [1.165, 1.54) is 38.2 Å². The lowest BCUT2D eigenvalue weighted by Crippen LogP contribution is -2.31. The van der Waals surface area contributed by atoms with Crippen LogP contribution in [0.4, 0.5) is 18.9 Å². The van der Waals surface area contributed by atoms with Crippen molar-refractivity contribution >= 4 is 5.69 Å². The van der Waals surface area contributed by atoms with E-state index in [1.54, 1.807) is 12.3 Å². The lowest BCUT2D eigenvalue weighted by atomic mass is 9.77. The molecule has 144 valence electrons. The molecule has 3 atom stereocenters. The zero-order valence-corrected chi connectivity index (χ0v) is 15.5. The molecule has 1 aromatic heterocycles. The van der Waals surface area contributed by atoms with Gasteiger partial charge in [-0.15, -0.1) is 0 Å². The van der Waals surface area contributed by atoms with Crippen molar-refractivity contribution in [3.05, 3.63) is 30.6 Å². The van der Waals surface area contributed by atoms with Crippen molar-refractivity contribution in [3.63, 3.8) is 0 Å². The lowest BCUT2D eigenvalue weighted by Gasteiger charge is -2.31. The average molecular weight is 368 g/mol. The van der Waals surface area contributed by atoms with Gasteiger partial charge in [-0.25, -0.2) is 4.98 Å². The average Bonchev–Trinajstić information content (AvgIpc) is 2.77. The highest BCUT2D eigenvalue weighted by molar-refractivity contribution is 5.54. The first-order chi connectivity index (χ1) is 12.2. The van der Waals surface area contributed by atoms with Gasteiger partial charge in [0.05, 0.1) is 11.9 Å². The van der Waals surface area contributed by atoms with E-state index >= 15 is 0 Å². The summed E-state index contributed by atoms with van der Waals surface area (Å²) in [5.41, 5.74) is 2.17. The molecule has 0 amide bonds. The van der Waals surface area contributed by atoms with Crippen molar-refractivity contribution in [1.82, 2.24) is 4.98 Å². The number of aromatic nitrogens is 1. The Bertz CT molecular complexity index is 643. The molecular formula is C20H27F3N2O. The van der Waals surface area contributed by atoms with E-state index in [9.17, 15) is 13.2 Å². The molecule has 1 spiro atoms. The Kier molecular flexibility index (Phi) is 5.22. The van der Waals surface area contributed by atoms with Crippen LogP contribution in [0.3, 0.4) is 0 Å². The molecule has 26 heavy (non-hydrogen) atoms. The number of hydrogen-bond donors (Lipinski definition) is 0.